The minimum atomic E-state index is -0.764. The quantitative estimate of drug-likeness (QED) is 0.0344. The minimum Gasteiger partial charge on any atom is -0.462 e. The average molecular weight is 920 g/mol. The Labute approximate surface area is 406 Å². The van der Waals surface area contributed by atoms with Crippen LogP contribution in [0.25, 0.3) is 0 Å². The van der Waals surface area contributed by atoms with Crippen molar-refractivity contribution in [2.75, 3.05) is 13.2 Å². The summed E-state index contributed by atoms with van der Waals surface area (Å²) in [4.78, 5) is 38.1. The molecule has 386 valence electrons. The first-order chi connectivity index (χ1) is 31.7. The van der Waals surface area contributed by atoms with Crippen molar-refractivity contribution in [2.24, 2.45) is 17.8 Å². The molecule has 0 heterocycles. The summed E-state index contributed by atoms with van der Waals surface area (Å²) in [7, 11) is 0. The van der Waals surface area contributed by atoms with Crippen LogP contribution in [0.15, 0.2) is 0 Å². The number of hydrogen-bond acceptors (Lipinski definition) is 6. The summed E-state index contributed by atoms with van der Waals surface area (Å²) < 4.78 is 16.9. The third-order valence-corrected chi connectivity index (χ3v) is 14.1. The van der Waals surface area contributed by atoms with Gasteiger partial charge in [-0.1, -0.05) is 286 Å². The predicted molar refractivity (Wildman–Crippen MR) is 279 cm³/mol. The van der Waals surface area contributed by atoms with Crippen LogP contribution in [0.5, 0.6) is 0 Å². The van der Waals surface area contributed by atoms with E-state index in [0.717, 1.165) is 75.5 Å². The molecular formula is C59H114O6. The Bertz CT molecular complexity index is 1010. The van der Waals surface area contributed by atoms with E-state index in [4.69, 9.17) is 14.2 Å². The number of carbonyl (C=O) groups is 3. The number of carbonyl (C=O) groups excluding carboxylic acids is 3. The zero-order valence-corrected chi connectivity index (χ0v) is 44.8. The second kappa shape index (κ2) is 50.3. The van der Waals surface area contributed by atoms with Crippen LogP contribution in [0.3, 0.4) is 0 Å². The fourth-order valence-electron chi connectivity index (χ4n) is 8.93. The van der Waals surface area contributed by atoms with Gasteiger partial charge in [0.2, 0.25) is 0 Å². The molecule has 0 aliphatic heterocycles. The molecule has 0 bridgehead atoms. The van der Waals surface area contributed by atoms with E-state index < -0.39 is 6.10 Å². The molecule has 0 rings (SSSR count). The van der Waals surface area contributed by atoms with Gasteiger partial charge in [0.1, 0.15) is 13.2 Å². The van der Waals surface area contributed by atoms with Gasteiger partial charge in [0.25, 0.3) is 0 Å². The van der Waals surface area contributed by atoms with E-state index in [1.165, 1.54) is 205 Å². The van der Waals surface area contributed by atoms with E-state index in [0.29, 0.717) is 19.3 Å². The van der Waals surface area contributed by atoms with Gasteiger partial charge in [0.15, 0.2) is 6.10 Å². The van der Waals surface area contributed by atoms with Crippen molar-refractivity contribution in [3.8, 4) is 0 Å². The van der Waals surface area contributed by atoms with Gasteiger partial charge in [0.05, 0.1) is 0 Å². The summed E-state index contributed by atoms with van der Waals surface area (Å²) in [5.41, 5.74) is 0. The molecule has 0 saturated heterocycles. The zero-order valence-electron chi connectivity index (χ0n) is 44.8. The lowest BCUT2D eigenvalue weighted by Gasteiger charge is -2.18. The topological polar surface area (TPSA) is 78.9 Å². The molecule has 0 aliphatic rings. The highest BCUT2D eigenvalue weighted by Crippen LogP contribution is 2.19. The maximum absolute atomic E-state index is 12.8. The highest BCUT2D eigenvalue weighted by atomic mass is 16.6. The van der Waals surface area contributed by atoms with Gasteiger partial charge >= 0.3 is 17.9 Å². The second-order valence-electron chi connectivity index (χ2n) is 21.2. The van der Waals surface area contributed by atoms with Crippen LogP contribution in [0.4, 0.5) is 0 Å². The summed E-state index contributed by atoms with van der Waals surface area (Å²) in [6.45, 7) is 13.8. The number of rotatable bonds is 52. The van der Waals surface area contributed by atoms with Crippen LogP contribution in [-0.4, -0.2) is 37.2 Å². The molecule has 65 heavy (non-hydrogen) atoms. The van der Waals surface area contributed by atoms with Crippen LogP contribution in [0.1, 0.15) is 324 Å². The first kappa shape index (κ1) is 63.4. The molecule has 3 atom stereocenters. The maximum Gasteiger partial charge on any atom is 0.306 e. The smallest absolute Gasteiger partial charge is 0.306 e. The molecule has 0 aliphatic carbocycles. The van der Waals surface area contributed by atoms with Gasteiger partial charge in [-0.05, 0) is 37.0 Å². The van der Waals surface area contributed by atoms with Crippen LogP contribution in [0, 0.1) is 17.8 Å². The third-order valence-electron chi connectivity index (χ3n) is 14.1. The fraction of sp³-hybridized carbons (Fsp3) is 0.949. The molecule has 0 amide bonds. The Hall–Kier alpha value is -1.59. The Morgan fingerprint density at radius 1 is 0.308 bits per heavy atom. The molecule has 0 spiro atoms. The molecule has 0 aromatic carbocycles. The van der Waals surface area contributed by atoms with E-state index in [2.05, 4.69) is 41.5 Å². The zero-order chi connectivity index (χ0) is 47.7. The number of esters is 3. The Morgan fingerprint density at radius 3 is 0.800 bits per heavy atom. The monoisotopic (exact) mass is 919 g/mol. The van der Waals surface area contributed by atoms with Crippen molar-refractivity contribution >= 4 is 17.9 Å². The molecule has 0 aromatic rings. The molecular weight excluding hydrogens is 805 g/mol. The van der Waals surface area contributed by atoms with E-state index >= 15 is 0 Å². The molecule has 0 aromatic heterocycles. The molecule has 2 unspecified atom stereocenters. The standard InChI is InChI=1S/C59H114O6/c1-7-54(5)46-40-34-28-22-18-14-10-12-16-20-24-31-37-43-49-58(61)64-52-56(65-59(62)50-44-38-32-26-25-29-35-41-47-55(6)8-2)51-63-57(60)48-42-36-30-23-19-15-11-9-13-17-21-27-33-39-45-53(3)4/h53-56H,7-52H2,1-6H3/t54?,55?,56-/m0/s1. The van der Waals surface area contributed by atoms with Crippen LogP contribution in [0.2, 0.25) is 0 Å². The van der Waals surface area contributed by atoms with Crippen molar-refractivity contribution in [2.45, 2.75) is 330 Å². The summed E-state index contributed by atoms with van der Waals surface area (Å²) in [6, 6.07) is 0. The third kappa shape index (κ3) is 50.1. The molecule has 0 N–H and O–H groups in total. The van der Waals surface area contributed by atoms with Gasteiger partial charge in [-0.2, -0.15) is 0 Å². The Morgan fingerprint density at radius 2 is 0.538 bits per heavy atom. The van der Waals surface area contributed by atoms with Gasteiger partial charge < -0.3 is 14.2 Å². The van der Waals surface area contributed by atoms with Gasteiger partial charge in [0, 0.05) is 19.3 Å². The van der Waals surface area contributed by atoms with E-state index in [-0.39, 0.29) is 31.1 Å². The van der Waals surface area contributed by atoms with E-state index in [1.807, 2.05) is 0 Å². The summed E-state index contributed by atoms with van der Waals surface area (Å²) in [5.74, 6) is 1.74. The number of hydrogen-bond donors (Lipinski definition) is 0. The number of ether oxygens (including phenoxy) is 3. The van der Waals surface area contributed by atoms with Crippen LogP contribution in [-0.2, 0) is 28.6 Å². The molecule has 6 heteroatoms. The minimum absolute atomic E-state index is 0.0639. The average Bonchev–Trinajstić information content (AvgIpc) is 3.29. The van der Waals surface area contributed by atoms with E-state index in [9.17, 15) is 14.4 Å². The normalized spacial score (nSPS) is 13.0. The van der Waals surface area contributed by atoms with Crippen LogP contribution >= 0.6 is 0 Å². The SMILES string of the molecule is CCC(C)CCCCCCCCCCCCCCCCC(=O)OC[C@H](COC(=O)CCCCCCCCCCCCCCCCC(C)C)OC(=O)CCCCCCCCCCC(C)CC. The van der Waals surface area contributed by atoms with Crippen LogP contribution < -0.4 is 0 Å². The maximum atomic E-state index is 12.8. The highest BCUT2D eigenvalue weighted by molar-refractivity contribution is 5.71. The first-order valence-electron chi connectivity index (χ1n) is 29.2. The summed E-state index contributed by atoms with van der Waals surface area (Å²) in [6.07, 6.45) is 52.3. The van der Waals surface area contributed by atoms with Crippen molar-refractivity contribution in [1.29, 1.82) is 0 Å². The predicted octanol–water partition coefficient (Wildman–Crippen LogP) is 19.1. The summed E-state index contributed by atoms with van der Waals surface area (Å²) in [5, 5.41) is 0. The van der Waals surface area contributed by atoms with Crippen molar-refractivity contribution in [3.05, 3.63) is 0 Å². The Balaban J connectivity index is 4.28. The second-order valence-corrected chi connectivity index (χ2v) is 21.2. The fourth-order valence-corrected chi connectivity index (χ4v) is 8.93. The molecule has 0 saturated carbocycles. The molecule has 0 radical (unpaired) electrons. The lowest BCUT2D eigenvalue weighted by Crippen LogP contribution is -2.30. The largest absolute Gasteiger partial charge is 0.462 e. The lowest BCUT2D eigenvalue weighted by molar-refractivity contribution is -0.167. The first-order valence-corrected chi connectivity index (χ1v) is 29.2. The molecule has 6 nitrogen and oxygen atoms in total. The highest BCUT2D eigenvalue weighted by Gasteiger charge is 2.19. The Kier molecular flexibility index (Phi) is 49.1. The van der Waals surface area contributed by atoms with Crippen molar-refractivity contribution in [3.63, 3.8) is 0 Å². The van der Waals surface area contributed by atoms with Crippen molar-refractivity contribution in [1.82, 2.24) is 0 Å². The number of unbranched alkanes of at least 4 members (excludes halogenated alkanes) is 33. The van der Waals surface area contributed by atoms with Gasteiger partial charge in [-0.3, -0.25) is 14.4 Å². The summed E-state index contributed by atoms with van der Waals surface area (Å²) >= 11 is 0. The lowest BCUT2D eigenvalue weighted by atomic mass is 9.99. The van der Waals surface area contributed by atoms with Gasteiger partial charge in [-0.15, -0.1) is 0 Å². The van der Waals surface area contributed by atoms with Gasteiger partial charge in [-0.25, -0.2) is 0 Å². The van der Waals surface area contributed by atoms with E-state index in [1.54, 1.807) is 0 Å². The molecule has 0 fully saturated rings. The van der Waals surface area contributed by atoms with Crippen molar-refractivity contribution < 1.29 is 28.6 Å².